The molecule has 1 amide bonds. The molecule has 1 aliphatic rings. The molecule has 1 aliphatic heterocycles. The number of aryl methyl sites for hydroxylation is 1. The molecule has 2 heterocycles. The van der Waals surface area contributed by atoms with Crippen LogP contribution in [0.1, 0.15) is 19.3 Å². The van der Waals surface area contributed by atoms with E-state index in [9.17, 15) is 13.2 Å². The van der Waals surface area contributed by atoms with Gasteiger partial charge in [-0.15, -0.1) is 0 Å². The molecule has 34 heavy (non-hydrogen) atoms. The van der Waals surface area contributed by atoms with Gasteiger partial charge in [-0.25, -0.2) is 18.9 Å². The van der Waals surface area contributed by atoms with E-state index in [0.29, 0.717) is 25.3 Å². The molecule has 4 rings (SSSR count). The van der Waals surface area contributed by atoms with Gasteiger partial charge in [0.25, 0.3) is 5.91 Å². The number of aromatic nitrogens is 2. The van der Waals surface area contributed by atoms with Crippen LogP contribution in [0.15, 0.2) is 53.4 Å². The molecule has 3 N–H and O–H groups in total. The summed E-state index contributed by atoms with van der Waals surface area (Å²) in [5.41, 5.74) is 3.49. The Morgan fingerprint density at radius 2 is 1.88 bits per heavy atom. The highest BCUT2D eigenvalue weighted by Crippen LogP contribution is 2.35. The van der Waals surface area contributed by atoms with E-state index in [2.05, 4.69) is 10.3 Å². The van der Waals surface area contributed by atoms with Crippen LogP contribution < -0.4 is 15.5 Å². The molecule has 0 spiro atoms. The van der Waals surface area contributed by atoms with Crippen LogP contribution in [0, 0.1) is 0 Å². The van der Waals surface area contributed by atoms with Gasteiger partial charge in [0.05, 0.1) is 22.5 Å². The molecule has 0 bridgehead atoms. The van der Waals surface area contributed by atoms with Crippen molar-refractivity contribution in [1.29, 1.82) is 0 Å². The third-order valence-electron chi connectivity index (χ3n) is 6.12. The summed E-state index contributed by atoms with van der Waals surface area (Å²) in [5, 5.41) is 12.4. The number of sulfone groups is 1. The predicted molar refractivity (Wildman–Crippen MR) is 126 cm³/mol. The maximum absolute atomic E-state index is 13.3. The van der Waals surface area contributed by atoms with Crippen LogP contribution in [-0.4, -0.2) is 60.2 Å². The first-order valence-corrected chi connectivity index (χ1v) is 12.5. The zero-order valence-electron chi connectivity index (χ0n) is 18.9. The van der Waals surface area contributed by atoms with E-state index >= 15 is 0 Å². The van der Waals surface area contributed by atoms with Gasteiger partial charge in [0.1, 0.15) is 5.75 Å². The Hall–Kier alpha value is -3.15. The highest BCUT2D eigenvalue weighted by Gasteiger charge is 2.52. The first-order valence-electron chi connectivity index (χ1n) is 11.0. The van der Waals surface area contributed by atoms with Gasteiger partial charge in [-0.2, -0.15) is 0 Å². The van der Waals surface area contributed by atoms with E-state index in [-0.39, 0.29) is 31.0 Å². The maximum atomic E-state index is 13.3. The number of carbonyl (C=O) groups is 1. The van der Waals surface area contributed by atoms with Gasteiger partial charge >= 0.3 is 0 Å². The second-order valence-electron chi connectivity index (χ2n) is 8.13. The lowest BCUT2D eigenvalue weighted by Crippen LogP contribution is -2.54. The zero-order valence-corrected chi connectivity index (χ0v) is 19.7. The molecular formula is C23H28N4O6S. The molecule has 1 aromatic heterocycles. The SMILES string of the molecule is Cn1c(NCCCOc2ccc(S(=O)(=O)C3(C(=O)NO)CCOCC3)cc2)nc2ccccc21. The summed E-state index contributed by atoms with van der Waals surface area (Å²) in [6.07, 6.45) is 0.653. The fourth-order valence-electron chi connectivity index (χ4n) is 4.13. The highest BCUT2D eigenvalue weighted by atomic mass is 32.2. The topological polar surface area (TPSA) is 132 Å². The number of fused-ring (bicyclic) bond motifs is 1. The summed E-state index contributed by atoms with van der Waals surface area (Å²) in [6, 6.07) is 13.9. The van der Waals surface area contributed by atoms with Crippen LogP contribution in [0.2, 0.25) is 0 Å². The summed E-state index contributed by atoms with van der Waals surface area (Å²) in [4.78, 5) is 16.9. The van der Waals surface area contributed by atoms with Gasteiger partial charge < -0.3 is 19.4 Å². The number of hydrogen-bond acceptors (Lipinski definition) is 8. The Labute approximate surface area is 197 Å². The molecule has 0 unspecified atom stereocenters. The average molecular weight is 489 g/mol. The standard InChI is InChI=1S/C23H28N4O6S/c1-27-20-6-3-2-5-19(20)25-22(27)24-13-4-14-33-17-7-9-18(10-8-17)34(30,31)23(21(28)26-29)11-15-32-16-12-23/h2-3,5-10,29H,4,11-16H2,1H3,(H,24,25)(H,26,28). The zero-order chi connectivity index (χ0) is 24.2. The van der Waals surface area contributed by atoms with Crippen molar-refractivity contribution in [3.05, 3.63) is 48.5 Å². The summed E-state index contributed by atoms with van der Waals surface area (Å²) >= 11 is 0. The van der Waals surface area contributed by atoms with E-state index in [4.69, 9.17) is 14.7 Å². The van der Waals surface area contributed by atoms with Gasteiger partial charge in [-0.1, -0.05) is 12.1 Å². The molecule has 3 aromatic rings. The number of benzene rings is 2. The molecule has 0 atom stereocenters. The number of carbonyl (C=O) groups excluding carboxylic acids is 1. The van der Waals surface area contributed by atoms with E-state index in [1.54, 1.807) is 12.1 Å². The lowest BCUT2D eigenvalue weighted by molar-refractivity contribution is -0.134. The number of anilines is 1. The minimum atomic E-state index is -4.05. The van der Waals surface area contributed by atoms with Crippen molar-refractivity contribution in [3.63, 3.8) is 0 Å². The fraction of sp³-hybridized carbons (Fsp3) is 0.391. The maximum Gasteiger partial charge on any atom is 0.265 e. The second-order valence-corrected chi connectivity index (χ2v) is 10.4. The molecule has 1 fully saturated rings. The Kier molecular flexibility index (Phi) is 7.05. The van der Waals surface area contributed by atoms with Crippen LogP contribution in [-0.2, 0) is 26.4 Å². The minimum Gasteiger partial charge on any atom is -0.494 e. The molecular weight excluding hydrogens is 460 g/mol. The molecule has 182 valence electrons. The normalized spacial score (nSPS) is 15.7. The van der Waals surface area contributed by atoms with Crippen LogP contribution in [0.4, 0.5) is 5.95 Å². The van der Waals surface area contributed by atoms with Gasteiger partial charge in [0.15, 0.2) is 14.6 Å². The van der Waals surface area contributed by atoms with Crippen molar-refractivity contribution in [1.82, 2.24) is 15.0 Å². The van der Waals surface area contributed by atoms with Crippen molar-refractivity contribution < 1.29 is 27.9 Å². The summed E-state index contributed by atoms with van der Waals surface area (Å²) in [7, 11) is -2.10. The highest BCUT2D eigenvalue weighted by molar-refractivity contribution is 7.93. The average Bonchev–Trinajstić information content (AvgIpc) is 3.19. The smallest absolute Gasteiger partial charge is 0.265 e. The summed E-state index contributed by atoms with van der Waals surface area (Å²) in [5.74, 6) is 0.364. The molecule has 0 aliphatic carbocycles. The third kappa shape index (κ3) is 4.46. The van der Waals surface area contributed by atoms with E-state index in [0.717, 1.165) is 17.0 Å². The fourth-order valence-corrected chi connectivity index (χ4v) is 6.07. The number of hydrogen-bond donors (Lipinski definition) is 3. The first-order chi connectivity index (χ1) is 16.4. The van der Waals surface area contributed by atoms with Crippen LogP contribution in [0.3, 0.4) is 0 Å². The van der Waals surface area contributed by atoms with E-state index in [1.807, 2.05) is 35.9 Å². The van der Waals surface area contributed by atoms with Crippen LogP contribution in [0.25, 0.3) is 11.0 Å². The number of imidazole rings is 1. The number of ether oxygens (including phenoxy) is 2. The van der Waals surface area contributed by atoms with Crippen molar-refractivity contribution >= 4 is 32.7 Å². The van der Waals surface area contributed by atoms with E-state index in [1.165, 1.54) is 17.6 Å². The Morgan fingerprint density at radius 3 is 2.56 bits per heavy atom. The van der Waals surface area contributed by atoms with Gasteiger partial charge in [-0.05, 0) is 55.7 Å². The number of nitrogens with zero attached hydrogens (tertiary/aromatic N) is 2. The molecule has 0 radical (unpaired) electrons. The number of nitrogens with one attached hydrogen (secondary N) is 2. The molecule has 10 nitrogen and oxygen atoms in total. The third-order valence-corrected chi connectivity index (χ3v) is 8.64. The Bertz CT molecular complexity index is 1250. The molecule has 2 aromatic carbocycles. The number of rotatable bonds is 9. The molecule has 11 heteroatoms. The number of hydroxylamine groups is 1. The first kappa shape index (κ1) is 24.0. The Morgan fingerprint density at radius 1 is 1.18 bits per heavy atom. The van der Waals surface area contributed by atoms with E-state index < -0.39 is 20.5 Å². The van der Waals surface area contributed by atoms with Crippen molar-refractivity contribution in [2.45, 2.75) is 28.9 Å². The molecule has 0 saturated carbocycles. The molecule has 1 saturated heterocycles. The monoisotopic (exact) mass is 488 g/mol. The largest absolute Gasteiger partial charge is 0.494 e. The number of para-hydroxylation sites is 2. The van der Waals surface area contributed by atoms with Gasteiger partial charge in [0.2, 0.25) is 5.95 Å². The summed E-state index contributed by atoms with van der Waals surface area (Å²) < 4.78 is 37.7. The second kappa shape index (κ2) is 10.00. The van der Waals surface area contributed by atoms with Crippen LogP contribution in [0.5, 0.6) is 5.75 Å². The lowest BCUT2D eigenvalue weighted by Gasteiger charge is -2.34. The van der Waals surface area contributed by atoms with Crippen molar-refractivity contribution in [2.75, 3.05) is 31.7 Å². The summed E-state index contributed by atoms with van der Waals surface area (Å²) in [6.45, 7) is 1.33. The minimum absolute atomic E-state index is 0.00568. The quantitative estimate of drug-likeness (QED) is 0.237. The predicted octanol–water partition coefficient (Wildman–Crippen LogP) is 2.28. The van der Waals surface area contributed by atoms with Gasteiger partial charge in [0, 0.05) is 26.8 Å². The Balaban J connectivity index is 1.33. The van der Waals surface area contributed by atoms with Crippen LogP contribution >= 0.6 is 0 Å². The van der Waals surface area contributed by atoms with Crippen molar-refractivity contribution in [3.8, 4) is 5.75 Å². The van der Waals surface area contributed by atoms with Gasteiger partial charge in [-0.3, -0.25) is 10.0 Å². The van der Waals surface area contributed by atoms with Crippen molar-refractivity contribution in [2.24, 2.45) is 7.05 Å². The number of amides is 1. The lowest BCUT2D eigenvalue weighted by atomic mass is 9.98.